The predicted molar refractivity (Wildman–Crippen MR) is 123 cm³/mol. The number of hydrogen-bond acceptors (Lipinski definition) is 8. The number of primary amides is 1. The molecular formula is C21H35N7O7. The third kappa shape index (κ3) is 9.70. The fraction of sp³-hybridized carbons (Fsp3) is 0.619. The standard InChI is InChI=1S/C21H35N7O7/c1-4-10(2)16(21(34)35)27-20(33)17(11(3)29)28-19(32)14(7-12-8-24-9-25-12)26-18(31)13(22)5-6-15(23)30/h8-11,13-14,16-17,29H,4-7,22H2,1-3H3,(H2,23,30)(H,24,25)(H,26,31)(H,27,33)(H,28,32)(H,34,35). The Morgan fingerprint density at radius 3 is 2.17 bits per heavy atom. The van der Waals surface area contributed by atoms with Crippen LogP contribution in [0.1, 0.15) is 45.7 Å². The van der Waals surface area contributed by atoms with Crippen molar-refractivity contribution in [3.05, 3.63) is 18.2 Å². The summed E-state index contributed by atoms with van der Waals surface area (Å²) in [6.45, 7) is 4.66. The molecule has 0 aliphatic rings. The number of aliphatic hydroxyl groups is 1. The summed E-state index contributed by atoms with van der Waals surface area (Å²) in [5.74, 6) is -4.75. The number of nitrogens with zero attached hydrogens (tertiary/aromatic N) is 1. The summed E-state index contributed by atoms with van der Waals surface area (Å²) in [7, 11) is 0. The van der Waals surface area contributed by atoms with Crippen LogP contribution in [0.5, 0.6) is 0 Å². The number of carboxylic acids is 1. The lowest BCUT2D eigenvalue weighted by Crippen LogP contribution is -2.60. The second-order valence-electron chi connectivity index (χ2n) is 8.39. The number of amides is 4. The van der Waals surface area contributed by atoms with E-state index in [0.29, 0.717) is 12.1 Å². The Labute approximate surface area is 202 Å². The zero-order valence-electron chi connectivity index (χ0n) is 20.0. The molecule has 1 aromatic rings. The Balaban J connectivity index is 3.02. The van der Waals surface area contributed by atoms with Crippen LogP contribution in [0.3, 0.4) is 0 Å². The van der Waals surface area contributed by atoms with Gasteiger partial charge in [0.2, 0.25) is 23.6 Å². The van der Waals surface area contributed by atoms with Crippen LogP contribution in [-0.2, 0) is 30.4 Å². The molecule has 1 aromatic heterocycles. The molecule has 14 nitrogen and oxygen atoms in total. The maximum Gasteiger partial charge on any atom is 0.326 e. The molecule has 0 saturated heterocycles. The van der Waals surface area contributed by atoms with Crippen LogP contribution in [0.25, 0.3) is 0 Å². The summed E-state index contributed by atoms with van der Waals surface area (Å²) in [6, 6.07) is -5.09. The Kier molecular flexibility index (Phi) is 11.8. The van der Waals surface area contributed by atoms with Crippen molar-refractivity contribution in [3.63, 3.8) is 0 Å². The fourth-order valence-electron chi connectivity index (χ4n) is 3.12. The van der Waals surface area contributed by atoms with Gasteiger partial charge >= 0.3 is 5.97 Å². The van der Waals surface area contributed by atoms with Crippen LogP contribution in [0.15, 0.2) is 12.5 Å². The highest BCUT2D eigenvalue weighted by Gasteiger charge is 2.34. The van der Waals surface area contributed by atoms with Crippen molar-refractivity contribution >= 4 is 29.6 Å². The van der Waals surface area contributed by atoms with Gasteiger partial charge in [-0.05, 0) is 19.3 Å². The number of aromatic amines is 1. The van der Waals surface area contributed by atoms with Crippen molar-refractivity contribution < 1.29 is 34.2 Å². The van der Waals surface area contributed by atoms with E-state index >= 15 is 0 Å². The van der Waals surface area contributed by atoms with Crippen LogP contribution in [-0.4, -0.2) is 80.1 Å². The minimum absolute atomic E-state index is 0.0372. The first kappa shape index (κ1) is 29.5. The van der Waals surface area contributed by atoms with Gasteiger partial charge in [0.1, 0.15) is 18.1 Å². The third-order valence-corrected chi connectivity index (χ3v) is 5.49. The van der Waals surface area contributed by atoms with E-state index in [4.69, 9.17) is 11.5 Å². The van der Waals surface area contributed by atoms with Gasteiger partial charge in [-0.1, -0.05) is 20.3 Å². The molecule has 0 radical (unpaired) electrons. The number of nitrogens with one attached hydrogen (secondary N) is 4. The van der Waals surface area contributed by atoms with Gasteiger partial charge < -0.3 is 42.6 Å². The minimum Gasteiger partial charge on any atom is -0.480 e. The van der Waals surface area contributed by atoms with E-state index in [-0.39, 0.29) is 19.3 Å². The molecule has 0 spiro atoms. The normalized spacial score (nSPS) is 16.1. The Hall–Kier alpha value is -3.52. The van der Waals surface area contributed by atoms with Gasteiger partial charge in [-0.15, -0.1) is 0 Å². The van der Waals surface area contributed by atoms with Gasteiger partial charge in [0, 0.05) is 24.7 Å². The number of nitrogens with two attached hydrogens (primary N) is 2. The topological polar surface area (TPSA) is 243 Å². The van der Waals surface area contributed by atoms with Crippen LogP contribution in [0.4, 0.5) is 0 Å². The van der Waals surface area contributed by atoms with E-state index in [1.807, 2.05) is 0 Å². The average Bonchev–Trinajstić information content (AvgIpc) is 3.30. The summed E-state index contributed by atoms with van der Waals surface area (Å²) in [5, 5.41) is 26.7. The summed E-state index contributed by atoms with van der Waals surface area (Å²) in [6.07, 6.45) is 1.67. The molecule has 4 amide bonds. The molecule has 0 bridgehead atoms. The molecule has 6 unspecified atom stereocenters. The van der Waals surface area contributed by atoms with E-state index in [9.17, 15) is 34.2 Å². The van der Waals surface area contributed by atoms with Crippen molar-refractivity contribution in [2.75, 3.05) is 0 Å². The van der Waals surface area contributed by atoms with Crippen molar-refractivity contribution in [2.24, 2.45) is 17.4 Å². The lowest BCUT2D eigenvalue weighted by molar-refractivity contribution is -0.144. The molecule has 35 heavy (non-hydrogen) atoms. The quantitative estimate of drug-likeness (QED) is 0.128. The smallest absolute Gasteiger partial charge is 0.326 e. The first-order valence-corrected chi connectivity index (χ1v) is 11.2. The second-order valence-corrected chi connectivity index (χ2v) is 8.39. The first-order valence-electron chi connectivity index (χ1n) is 11.2. The molecule has 0 aliphatic heterocycles. The summed E-state index contributed by atoms with van der Waals surface area (Å²) in [4.78, 5) is 67.4. The lowest BCUT2D eigenvalue weighted by Gasteiger charge is -2.27. The molecule has 10 N–H and O–H groups in total. The molecule has 0 saturated carbocycles. The number of aliphatic carboxylic acids is 1. The number of carbonyl (C=O) groups is 5. The number of aromatic nitrogens is 2. The minimum atomic E-state index is -1.50. The molecular weight excluding hydrogens is 462 g/mol. The largest absolute Gasteiger partial charge is 0.480 e. The van der Waals surface area contributed by atoms with E-state index in [0.717, 1.165) is 0 Å². The van der Waals surface area contributed by atoms with Crippen molar-refractivity contribution in [2.45, 2.75) is 76.7 Å². The number of hydrogen-bond donors (Lipinski definition) is 8. The van der Waals surface area contributed by atoms with Gasteiger partial charge in [0.15, 0.2) is 0 Å². The molecule has 1 heterocycles. The molecule has 1 rings (SSSR count). The second kappa shape index (κ2) is 14.0. The maximum absolute atomic E-state index is 13.0. The average molecular weight is 498 g/mol. The van der Waals surface area contributed by atoms with Crippen LogP contribution >= 0.6 is 0 Å². The molecule has 0 aromatic carbocycles. The summed E-state index contributed by atoms with van der Waals surface area (Å²) < 4.78 is 0. The zero-order chi connectivity index (χ0) is 26.7. The molecule has 14 heteroatoms. The molecule has 6 atom stereocenters. The van der Waals surface area contributed by atoms with Gasteiger partial charge in [-0.25, -0.2) is 9.78 Å². The summed E-state index contributed by atoms with van der Waals surface area (Å²) >= 11 is 0. The Bertz CT molecular complexity index is 875. The number of H-pyrrole nitrogens is 1. The van der Waals surface area contributed by atoms with Gasteiger partial charge in [0.05, 0.1) is 18.5 Å². The highest BCUT2D eigenvalue weighted by Crippen LogP contribution is 2.09. The number of rotatable bonds is 15. The maximum atomic E-state index is 13.0. The predicted octanol–water partition coefficient (Wildman–Crippen LogP) is -2.49. The highest BCUT2D eigenvalue weighted by molar-refractivity contribution is 5.94. The number of aliphatic hydroxyl groups excluding tert-OH is 1. The zero-order valence-corrected chi connectivity index (χ0v) is 20.0. The fourth-order valence-corrected chi connectivity index (χ4v) is 3.12. The van der Waals surface area contributed by atoms with E-state index in [1.54, 1.807) is 13.8 Å². The number of carboxylic acid groups (broad SMARTS) is 1. The van der Waals surface area contributed by atoms with Crippen LogP contribution in [0, 0.1) is 5.92 Å². The van der Waals surface area contributed by atoms with Gasteiger partial charge in [-0.3, -0.25) is 19.2 Å². The molecule has 0 fully saturated rings. The monoisotopic (exact) mass is 497 g/mol. The lowest BCUT2D eigenvalue weighted by atomic mass is 9.98. The highest BCUT2D eigenvalue weighted by atomic mass is 16.4. The van der Waals surface area contributed by atoms with Crippen LogP contribution in [0.2, 0.25) is 0 Å². The van der Waals surface area contributed by atoms with Crippen LogP contribution < -0.4 is 27.4 Å². The third-order valence-electron chi connectivity index (χ3n) is 5.49. The number of carbonyl (C=O) groups excluding carboxylic acids is 4. The first-order chi connectivity index (χ1) is 16.4. The van der Waals surface area contributed by atoms with Gasteiger partial charge in [0.25, 0.3) is 0 Å². The molecule has 196 valence electrons. The van der Waals surface area contributed by atoms with E-state index in [1.165, 1.54) is 19.4 Å². The molecule has 0 aliphatic carbocycles. The van der Waals surface area contributed by atoms with Crippen molar-refractivity contribution in [1.29, 1.82) is 0 Å². The van der Waals surface area contributed by atoms with E-state index in [2.05, 4.69) is 25.9 Å². The van der Waals surface area contributed by atoms with Crippen molar-refractivity contribution in [3.8, 4) is 0 Å². The Morgan fingerprint density at radius 2 is 1.69 bits per heavy atom. The summed E-state index contributed by atoms with van der Waals surface area (Å²) in [5.41, 5.74) is 11.3. The van der Waals surface area contributed by atoms with Crippen molar-refractivity contribution in [1.82, 2.24) is 25.9 Å². The van der Waals surface area contributed by atoms with E-state index < -0.39 is 65.8 Å². The SMILES string of the molecule is CCC(C)C(NC(=O)C(NC(=O)C(Cc1cnc[nH]1)NC(=O)C(N)CCC(N)=O)C(C)O)C(=O)O. The number of imidazole rings is 1. The van der Waals surface area contributed by atoms with Gasteiger partial charge in [-0.2, -0.15) is 0 Å². The Morgan fingerprint density at radius 1 is 1.06 bits per heavy atom.